The number of fused-ring (bicyclic) bond motifs is 1. The summed E-state index contributed by atoms with van der Waals surface area (Å²) in [6, 6.07) is 6.22. The number of likely N-dealkylation sites (N-methyl/N-ethyl adjacent to an activating group) is 1. The molecule has 0 spiro atoms. The minimum Gasteiger partial charge on any atom is -0.341 e. The van der Waals surface area contributed by atoms with Crippen LogP contribution in [-0.2, 0) is 22.4 Å². The van der Waals surface area contributed by atoms with Crippen LogP contribution in [0.4, 0.5) is 0 Å². The quantitative estimate of drug-likeness (QED) is 0.804. The van der Waals surface area contributed by atoms with E-state index in [1.807, 2.05) is 19.0 Å². The second-order valence-electron chi connectivity index (χ2n) is 7.16. The van der Waals surface area contributed by atoms with E-state index in [0.29, 0.717) is 0 Å². The normalized spacial score (nSPS) is 19.8. The number of hydrogen-bond acceptors (Lipinski definition) is 4. The van der Waals surface area contributed by atoms with Gasteiger partial charge in [-0.15, -0.1) is 0 Å². The summed E-state index contributed by atoms with van der Waals surface area (Å²) in [5, 5.41) is 4.62. The Balaban J connectivity index is 1.54. The number of aryl methyl sites for hydroxylation is 2. The first-order valence-electron chi connectivity index (χ1n) is 9.19. The number of benzene rings is 1. The van der Waals surface area contributed by atoms with Crippen molar-refractivity contribution in [3.63, 3.8) is 0 Å². The van der Waals surface area contributed by atoms with Crippen molar-refractivity contribution in [3.05, 3.63) is 34.9 Å². The predicted molar refractivity (Wildman–Crippen MR) is 96.9 cm³/mol. The van der Waals surface area contributed by atoms with E-state index in [0.717, 1.165) is 44.6 Å². The molecule has 1 heterocycles. The minimum absolute atomic E-state index is 0.182. The number of amides is 2. The molecule has 2 N–H and O–H groups in total. The zero-order valence-corrected chi connectivity index (χ0v) is 15.2. The maximum Gasteiger partial charge on any atom is 0.323 e. The van der Waals surface area contributed by atoms with Crippen LogP contribution in [-0.4, -0.2) is 54.9 Å². The molecule has 1 saturated heterocycles. The Morgan fingerprint density at radius 1 is 1.00 bits per heavy atom. The van der Waals surface area contributed by atoms with Crippen LogP contribution in [0.2, 0.25) is 0 Å². The van der Waals surface area contributed by atoms with Gasteiger partial charge in [0.25, 0.3) is 0 Å². The van der Waals surface area contributed by atoms with Gasteiger partial charge in [0.1, 0.15) is 0 Å². The number of piperazine rings is 1. The molecule has 1 atom stereocenters. The maximum absolute atomic E-state index is 12.2. The van der Waals surface area contributed by atoms with Gasteiger partial charge in [0.2, 0.25) is 0 Å². The highest BCUT2D eigenvalue weighted by molar-refractivity contribution is 6.35. The monoisotopic (exact) mass is 344 g/mol. The van der Waals surface area contributed by atoms with Gasteiger partial charge >= 0.3 is 11.8 Å². The Morgan fingerprint density at radius 2 is 1.68 bits per heavy atom. The fraction of sp³-hybridized carbons (Fsp3) is 0.579. The van der Waals surface area contributed by atoms with Crippen molar-refractivity contribution in [2.45, 2.75) is 38.6 Å². The topological polar surface area (TPSA) is 64.7 Å². The second-order valence-corrected chi connectivity index (χ2v) is 7.16. The molecule has 1 aliphatic heterocycles. The highest BCUT2D eigenvalue weighted by atomic mass is 16.2. The van der Waals surface area contributed by atoms with Crippen LogP contribution in [0.1, 0.15) is 42.5 Å². The average Bonchev–Trinajstić information content (AvgIpc) is 2.63. The molecule has 0 saturated carbocycles. The number of nitrogens with one attached hydrogen (secondary N) is 2. The number of hydrazine groups is 1. The Morgan fingerprint density at radius 3 is 2.40 bits per heavy atom. The van der Waals surface area contributed by atoms with Crippen molar-refractivity contribution in [1.82, 2.24) is 20.7 Å². The summed E-state index contributed by atoms with van der Waals surface area (Å²) < 4.78 is 0. The van der Waals surface area contributed by atoms with Crippen molar-refractivity contribution < 1.29 is 9.59 Å². The van der Waals surface area contributed by atoms with Crippen molar-refractivity contribution in [2.24, 2.45) is 0 Å². The zero-order valence-electron chi connectivity index (χ0n) is 15.2. The molecule has 3 rings (SSSR count). The van der Waals surface area contributed by atoms with Gasteiger partial charge in [-0.25, -0.2) is 5.01 Å². The van der Waals surface area contributed by atoms with Crippen molar-refractivity contribution in [3.8, 4) is 0 Å². The third-order valence-corrected chi connectivity index (χ3v) is 5.19. The lowest BCUT2D eigenvalue weighted by Crippen LogP contribution is -2.55. The second kappa shape index (κ2) is 7.97. The van der Waals surface area contributed by atoms with Crippen LogP contribution < -0.4 is 10.7 Å². The van der Waals surface area contributed by atoms with E-state index in [1.54, 1.807) is 0 Å². The molecule has 1 aromatic rings. The highest BCUT2D eigenvalue weighted by Gasteiger charge is 2.22. The van der Waals surface area contributed by atoms with Gasteiger partial charge in [-0.3, -0.25) is 15.0 Å². The fourth-order valence-electron chi connectivity index (χ4n) is 3.48. The van der Waals surface area contributed by atoms with E-state index in [4.69, 9.17) is 0 Å². The van der Waals surface area contributed by atoms with Gasteiger partial charge in [0.05, 0.1) is 6.04 Å². The van der Waals surface area contributed by atoms with Gasteiger partial charge in [-0.2, -0.15) is 0 Å². The molecule has 1 fully saturated rings. The summed E-state index contributed by atoms with van der Waals surface area (Å²) in [5.41, 5.74) is 6.56. The van der Waals surface area contributed by atoms with Crippen molar-refractivity contribution in [1.29, 1.82) is 0 Å². The van der Waals surface area contributed by atoms with Crippen molar-refractivity contribution >= 4 is 11.8 Å². The van der Waals surface area contributed by atoms with E-state index in [1.165, 1.54) is 24.0 Å². The first kappa shape index (κ1) is 17.9. The summed E-state index contributed by atoms with van der Waals surface area (Å²) in [7, 11) is 2.05. The number of carbonyl (C=O) groups is 2. The SMILES string of the molecule is CC(NC(=O)C(=O)NN1CCN(C)CC1)c1ccc2c(c1)CCCC2. The molecule has 2 amide bonds. The molecule has 1 aromatic carbocycles. The van der Waals surface area contributed by atoms with Crippen LogP contribution in [0, 0.1) is 0 Å². The smallest absolute Gasteiger partial charge is 0.323 e. The average molecular weight is 344 g/mol. The zero-order chi connectivity index (χ0) is 17.8. The summed E-state index contributed by atoms with van der Waals surface area (Å²) in [6.45, 7) is 5.15. The minimum atomic E-state index is -0.589. The molecule has 136 valence electrons. The van der Waals surface area contributed by atoms with Crippen molar-refractivity contribution in [2.75, 3.05) is 33.2 Å². The molecular weight excluding hydrogens is 316 g/mol. The maximum atomic E-state index is 12.2. The van der Waals surface area contributed by atoms with Gasteiger partial charge in [0.15, 0.2) is 0 Å². The summed E-state index contributed by atoms with van der Waals surface area (Å²) in [6.07, 6.45) is 4.73. The first-order chi connectivity index (χ1) is 12.0. The lowest BCUT2D eigenvalue weighted by atomic mass is 9.89. The summed E-state index contributed by atoms with van der Waals surface area (Å²) in [5.74, 6) is -1.17. The standard InChI is InChI=1S/C19H28N4O2/c1-14(16-8-7-15-5-3-4-6-17(15)13-16)20-18(24)19(25)21-23-11-9-22(2)10-12-23/h7-8,13-14H,3-6,9-12H2,1-2H3,(H,20,24)(H,21,25). The van der Waals surface area contributed by atoms with Gasteiger partial charge in [-0.1, -0.05) is 18.2 Å². The molecule has 6 nitrogen and oxygen atoms in total. The number of nitrogens with zero attached hydrogens (tertiary/aromatic N) is 2. The molecule has 1 unspecified atom stereocenters. The number of carbonyl (C=O) groups excluding carboxylic acids is 2. The van der Waals surface area contributed by atoms with E-state index in [9.17, 15) is 9.59 Å². The number of hydrogen-bond donors (Lipinski definition) is 2. The van der Waals surface area contributed by atoms with Gasteiger partial charge in [0, 0.05) is 26.2 Å². The lowest BCUT2D eigenvalue weighted by molar-refractivity contribution is -0.143. The van der Waals surface area contributed by atoms with E-state index in [-0.39, 0.29) is 6.04 Å². The summed E-state index contributed by atoms with van der Waals surface area (Å²) in [4.78, 5) is 26.5. The highest BCUT2D eigenvalue weighted by Crippen LogP contribution is 2.24. The van der Waals surface area contributed by atoms with E-state index in [2.05, 4.69) is 33.8 Å². The van der Waals surface area contributed by atoms with Crippen LogP contribution in [0.5, 0.6) is 0 Å². The van der Waals surface area contributed by atoms with Gasteiger partial charge < -0.3 is 10.2 Å². The van der Waals surface area contributed by atoms with Crippen LogP contribution >= 0.6 is 0 Å². The summed E-state index contributed by atoms with van der Waals surface area (Å²) >= 11 is 0. The Hall–Kier alpha value is -1.92. The molecular formula is C19H28N4O2. The Labute approximate surface area is 149 Å². The van der Waals surface area contributed by atoms with Gasteiger partial charge in [-0.05, 0) is 56.3 Å². The number of rotatable bonds is 3. The molecule has 6 heteroatoms. The van der Waals surface area contributed by atoms with Crippen LogP contribution in [0.25, 0.3) is 0 Å². The third kappa shape index (κ3) is 4.58. The van der Waals surface area contributed by atoms with E-state index < -0.39 is 11.8 Å². The Kier molecular flexibility index (Phi) is 5.71. The lowest BCUT2D eigenvalue weighted by Gasteiger charge is -2.32. The fourth-order valence-corrected chi connectivity index (χ4v) is 3.48. The van der Waals surface area contributed by atoms with E-state index >= 15 is 0 Å². The molecule has 2 aliphatic rings. The van der Waals surface area contributed by atoms with Crippen LogP contribution in [0.15, 0.2) is 18.2 Å². The third-order valence-electron chi connectivity index (χ3n) is 5.19. The predicted octanol–water partition coefficient (Wildman–Crippen LogP) is 1.02. The Bertz CT molecular complexity index is 638. The van der Waals surface area contributed by atoms with Crippen LogP contribution in [0.3, 0.4) is 0 Å². The largest absolute Gasteiger partial charge is 0.341 e. The molecule has 25 heavy (non-hydrogen) atoms. The first-order valence-corrected chi connectivity index (χ1v) is 9.19. The molecule has 1 aliphatic carbocycles. The molecule has 0 radical (unpaired) electrons. The molecule has 0 bridgehead atoms. The molecule has 0 aromatic heterocycles.